The fourth-order valence-electron chi connectivity index (χ4n) is 4.42. The van der Waals surface area contributed by atoms with Gasteiger partial charge in [0.25, 0.3) is 0 Å². The molecule has 5 rings (SSSR count). The molecule has 1 amide bonds. The van der Waals surface area contributed by atoms with E-state index in [0.29, 0.717) is 17.7 Å². The number of hydrogen-bond donors (Lipinski definition) is 0. The monoisotopic (exact) mass is 362 g/mol. The van der Waals surface area contributed by atoms with Gasteiger partial charge < -0.3 is 14.0 Å². The van der Waals surface area contributed by atoms with Crippen LogP contribution < -0.4 is 0 Å². The van der Waals surface area contributed by atoms with Crippen LogP contribution in [0.1, 0.15) is 25.7 Å². The van der Waals surface area contributed by atoms with E-state index in [1.165, 1.54) is 17.3 Å². The molecule has 3 aromatic rings. The Hall–Kier alpha value is -2.56. The summed E-state index contributed by atoms with van der Waals surface area (Å²) in [6.45, 7) is 2.76. The second-order valence-electron chi connectivity index (χ2n) is 8.17. The van der Waals surface area contributed by atoms with E-state index in [9.17, 15) is 4.79 Å². The molecule has 0 N–H and O–H groups in total. The average molecular weight is 362 g/mol. The van der Waals surface area contributed by atoms with Crippen LogP contribution in [0.3, 0.4) is 0 Å². The third-order valence-corrected chi connectivity index (χ3v) is 6.07. The summed E-state index contributed by atoms with van der Waals surface area (Å²) in [5.41, 5.74) is 2.39. The molecular weight excluding hydrogens is 336 g/mol. The number of piperidine rings is 1. The van der Waals surface area contributed by atoms with Gasteiger partial charge in [0.15, 0.2) is 0 Å². The number of amides is 1. The predicted octanol–water partition coefficient (Wildman–Crippen LogP) is 3.69. The van der Waals surface area contributed by atoms with E-state index in [0.717, 1.165) is 50.3 Å². The van der Waals surface area contributed by atoms with Crippen molar-refractivity contribution in [2.75, 3.05) is 13.1 Å². The SMILES string of the molecule is Cn1ccc2cc(-c3nccn3CC3CCCN(C(=O)C4CC4)C3)ccc21. The Morgan fingerprint density at radius 1 is 1.19 bits per heavy atom. The topological polar surface area (TPSA) is 43.1 Å². The molecule has 2 aliphatic rings. The third-order valence-electron chi connectivity index (χ3n) is 6.07. The molecule has 1 saturated heterocycles. The van der Waals surface area contributed by atoms with Gasteiger partial charge in [0.05, 0.1) is 0 Å². The molecule has 2 aromatic heterocycles. The predicted molar refractivity (Wildman–Crippen MR) is 106 cm³/mol. The summed E-state index contributed by atoms with van der Waals surface area (Å²) < 4.78 is 4.40. The lowest BCUT2D eigenvalue weighted by Gasteiger charge is -2.33. The van der Waals surface area contributed by atoms with Crippen LogP contribution in [-0.4, -0.2) is 38.0 Å². The largest absolute Gasteiger partial charge is 0.351 e. The van der Waals surface area contributed by atoms with Gasteiger partial charge in [-0.05, 0) is 55.9 Å². The van der Waals surface area contributed by atoms with Gasteiger partial charge in [-0.3, -0.25) is 4.79 Å². The first-order chi connectivity index (χ1) is 13.2. The van der Waals surface area contributed by atoms with Crippen LogP contribution in [0.5, 0.6) is 0 Å². The quantitative estimate of drug-likeness (QED) is 0.710. The van der Waals surface area contributed by atoms with Crippen molar-refractivity contribution in [1.29, 1.82) is 0 Å². The minimum absolute atomic E-state index is 0.324. The first-order valence-corrected chi connectivity index (χ1v) is 10.0. The lowest BCUT2D eigenvalue weighted by atomic mass is 9.97. The van der Waals surface area contributed by atoms with Gasteiger partial charge in [-0.2, -0.15) is 0 Å². The number of carbonyl (C=O) groups excluding carboxylic acids is 1. The van der Waals surface area contributed by atoms with Crippen molar-refractivity contribution in [3.63, 3.8) is 0 Å². The zero-order chi connectivity index (χ0) is 18.4. The van der Waals surface area contributed by atoms with Crippen LogP contribution >= 0.6 is 0 Å². The van der Waals surface area contributed by atoms with Crippen LogP contribution in [0, 0.1) is 11.8 Å². The van der Waals surface area contributed by atoms with Crippen molar-refractivity contribution in [2.45, 2.75) is 32.2 Å². The number of likely N-dealkylation sites (tertiary alicyclic amines) is 1. The van der Waals surface area contributed by atoms with E-state index in [2.05, 4.69) is 62.7 Å². The second kappa shape index (κ2) is 6.55. The molecule has 27 heavy (non-hydrogen) atoms. The molecule has 1 aliphatic carbocycles. The van der Waals surface area contributed by atoms with Crippen LogP contribution in [0.4, 0.5) is 0 Å². The number of nitrogens with zero attached hydrogens (tertiary/aromatic N) is 4. The van der Waals surface area contributed by atoms with E-state index in [4.69, 9.17) is 0 Å². The molecule has 5 heteroatoms. The minimum atomic E-state index is 0.324. The number of aromatic nitrogens is 3. The van der Waals surface area contributed by atoms with Gasteiger partial charge in [-0.25, -0.2) is 4.98 Å². The molecular formula is C22H26N4O. The Balaban J connectivity index is 1.35. The molecule has 1 unspecified atom stereocenters. The van der Waals surface area contributed by atoms with Crippen LogP contribution in [0.2, 0.25) is 0 Å². The molecule has 2 fully saturated rings. The Morgan fingerprint density at radius 2 is 2.07 bits per heavy atom. The maximum atomic E-state index is 12.4. The van der Waals surface area contributed by atoms with Gasteiger partial charge in [-0.1, -0.05) is 0 Å². The molecule has 1 aromatic carbocycles. The van der Waals surface area contributed by atoms with Crippen LogP contribution in [-0.2, 0) is 18.4 Å². The van der Waals surface area contributed by atoms with Gasteiger partial charge in [0.1, 0.15) is 5.82 Å². The van der Waals surface area contributed by atoms with Crippen molar-refractivity contribution < 1.29 is 4.79 Å². The Bertz CT molecular complexity index is 981. The fourth-order valence-corrected chi connectivity index (χ4v) is 4.42. The highest BCUT2D eigenvalue weighted by Gasteiger charge is 2.35. The molecule has 0 bridgehead atoms. The maximum absolute atomic E-state index is 12.4. The number of fused-ring (bicyclic) bond motifs is 1. The standard InChI is InChI=1S/C22H26N4O/c1-24-11-8-18-13-19(6-7-20(18)24)21-23-9-12-25(21)14-16-3-2-10-26(15-16)22(27)17-4-5-17/h6-9,11-13,16-17H,2-5,10,14-15H2,1H3. The molecule has 0 spiro atoms. The van der Waals surface area contributed by atoms with E-state index in [1.807, 2.05) is 6.20 Å². The highest BCUT2D eigenvalue weighted by molar-refractivity contribution is 5.84. The number of benzene rings is 1. The zero-order valence-corrected chi connectivity index (χ0v) is 15.8. The number of aryl methyl sites for hydroxylation is 1. The molecule has 140 valence electrons. The molecule has 1 saturated carbocycles. The maximum Gasteiger partial charge on any atom is 0.225 e. The number of hydrogen-bond acceptors (Lipinski definition) is 2. The lowest BCUT2D eigenvalue weighted by Crippen LogP contribution is -2.41. The summed E-state index contributed by atoms with van der Waals surface area (Å²) >= 11 is 0. The Kier molecular flexibility index (Phi) is 4.03. The van der Waals surface area contributed by atoms with Gasteiger partial charge in [0.2, 0.25) is 5.91 Å². The van der Waals surface area contributed by atoms with Crippen molar-refractivity contribution in [3.8, 4) is 11.4 Å². The Morgan fingerprint density at radius 3 is 2.93 bits per heavy atom. The lowest BCUT2D eigenvalue weighted by molar-refractivity contribution is -0.134. The van der Waals surface area contributed by atoms with Gasteiger partial charge in [0, 0.05) is 67.7 Å². The second-order valence-corrected chi connectivity index (χ2v) is 8.17. The normalized spacial score (nSPS) is 20.3. The number of rotatable bonds is 4. The van der Waals surface area contributed by atoms with E-state index >= 15 is 0 Å². The summed E-state index contributed by atoms with van der Waals surface area (Å²) in [5.74, 6) is 2.24. The van der Waals surface area contributed by atoms with Crippen molar-refractivity contribution in [2.24, 2.45) is 18.9 Å². The van der Waals surface area contributed by atoms with Gasteiger partial charge in [-0.15, -0.1) is 0 Å². The number of carbonyl (C=O) groups is 1. The Labute approximate surface area is 159 Å². The molecule has 0 radical (unpaired) electrons. The van der Waals surface area contributed by atoms with Crippen molar-refractivity contribution in [1.82, 2.24) is 19.0 Å². The molecule has 1 atom stereocenters. The number of imidazole rings is 1. The smallest absolute Gasteiger partial charge is 0.225 e. The zero-order valence-electron chi connectivity index (χ0n) is 15.8. The highest BCUT2D eigenvalue weighted by Crippen LogP contribution is 2.33. The summed E-state index contributed by atoms with van der Waals surface area (Å²) in [6.07, 6.45) is 10.5. The van der Waals surface area contributed by atoms with Gasteiger partial charge >= 0.3 is 0 Å². The minimum Gasteiger partial charge on any atom is -0.351 e. The van der Waals surface area contributed by atoms with E-state index in [-0.39, 0.29) is 0 Å². The summed E-state index contributed by atoms with van der Waals surface area (Å²) in [6, 6.07) is 8.69. The molecule has 3 heterocycles. The van der Waals surface area contributed by atoms with Crippen molar-refractivity contribution in [3.05, 3.63) is 42.9 Å². The van der Waals surface area contributed by atoms with Crippen molar-refractivity contribution >= 4 is 16.8 Å². The highest BCUT2D eigenvalue weighted by atomic mass is 16.2. The molecule has 5 nitrogen and oxygen atoms in total. The van der Waals surface area contributed by atoms with E-state index in [1.54, 1.807) is 0 Å². The summed E-state index contributed by atoms with van der Waals surface area (Å²) in [7, 11) is 2.07. The van der Waals surface area contributed by atoms with E-state index < -0.39 is 0 Å². The first-order valence-electron chi connectivity index (χ1n) is 10.0. The molecule has 1 aliphatic heterocycles. The first kappa shape index (κ1) is 16.6. The summed E-state index contributed by atoms with van der Waals surface area (Å²) in [4.78, 5) is 19.2. The fraction of sp³-hybridized carbons (Fsp3) is 0.455. The summed E-state index contributed by atoms with van der Waals surface area (Å²) in [5, 5.41) is 1.24. The average Bonchev–Trinajstić information content (AvgIpc) is 3.34. The van der Waals surface area contributed by atoms with Crippen LogP contribution in [0.15, 0.2) is 42.9 Å². The third kappa shape index (κ3) is 3.15. The van der Waals surface area contributed by atoms with Crippen LogP contribution in [0.25, 0.3) is 22.3 Å².